The molecule has 0 spiro atoms. The Morgan fingerprint density at radius 3 is 2.64 bits per heavy atom. The molecule has 0 saturated carbocycles. The molecule has 3 aromatic rings. The van der Waals surface area contributed by atoms with Gasteiger partial charge in [-0.05, 0) is 55.0 Å². The van der Waals surface area contributed by atoms with Crippen LogP contribution in [0.3, 0.4) is 0 Å². The van der Waals surface area contributed by atoms with Gasteiger partial charge in [-0.15, -0.1) is 0 Å². The van der Waals surface area contributed by atoms with Crippen LogP contribution in [-0.2, 0) is 20.9 Å². The first-order valence-electron chi connectivity index (χ1n) is 11.5. The fourth-order valence-electron chi connectivity index (χ4n) is 5.25. The number of rotatable bonds is 4. The average molecular weight is 444 g/mol. The van der Waals surface area contributed by atoms with Crippen LogP contribution >= 0.6 is 0 Å². The molecular weight excluding hydrogens is 418 g/mol. The molecule has 33 heavy (non-hydrogen) atoms. The topological polar surface area (TPSA) is 89.2 Å². The van der Waals surface area contributed by atoms with Crippen molar-refractivity contribution in [2.45, 2.75) is 51.0 Å². The second-order valence-electron chi connectivity index (χ2n) is 9.07. The molecule has 0 bridgehead atoms. The number of benzene rings is 2. The third-order valence-electron chi connectivity index (χ3n) is 6.98. The minimum atomic E-state index is -0.743. The molecule has 3 aliphatic heterocycles. The van der Waals surface area contributed by atoms with E-state index in [0.29, 0.717) is 0 Å². The van der Waals surface area contributed by atoms with E-state index in [-0.39, 0.29) is 24.6 Å². The van der Waals surface area contributed by atoms with E-state index >= 15 is 0 Å². The van der Waals surface area contributed by atoms with Gasteiger partial charge in [-0.25, -0.2) is 4.68 Å². The predicted molar refractivity (Wildman–Crippen MR) is 120 cm³/mol. The number of likely N-dealkylation sites (tertiary alicyclic amines) is 1. The molecule has 0 N–H and O–H groups in total. The summed E-state index contributed by atoms with van der Waals surface area (Å²) in [6.45, 7) is 3.01. The quantitative estimate of drug-likeness (QED) is 0.568. The number of amides is 2. The fourth-order valence-corrected chi connectivity index (χ4v) is 5.25. The van der Waals surface area contributed by atoms with Crippen LogP contribution in [0.15, 0.2) is 58.9 Å². The van der Waals surface area contributed by atoms with Gasteiger partial charge in [-0.2, -0.15) is 15.3 Å². The summed E-state index contributed by atoms with van der Waals surface area (Å²) in [5, 5.41) is 14.3. The van der Waals surface area contributed by atoms with Crippen LogP contribution in [0.2, 0.25) is 0 Å². The Bertz CT molecular complexity index is 1260. The van der Waals surface area contributed by atoms with Gasteiger partial charge in [0.05, 0.1) is 18.3 Å². The average Bonchev–Trinajstić information content (AvgIpc) is 3.51. The summed E-state index contributed by atoms with van der Waals surface area (Å²) in [5.41, 5.74) is 3.80. The van der Waals surface area contributed by atoms with Crippen molar-refractivity contribution in [3.63, 3.8) is 0 Å². The number of hydrogen-bond acceptors (Lipinski definition) is 6. The number of hydrogen-bond donors (Lipinski definition) is 0. The fraction of sp³-hybridized carbons (Fsp3) is 0.400. The van der Waals surface area contributed by atoms with E-state index in [1.54, 1.807) is 0 Å². The monoisotopic (exact) mass is 443 g/mol. The van der Waals surface area contributed by atoms with Crippen molar-refractivity contribution in [2.24, 2.45) is 16.1 Å². The van der Waals surface area contributed by atoms with Gasteiger partial charge in [0.2, 0.25) is 5.91 Å². The van der Waals surface area contributed by atoms with Crippen LogP contribution in [0, 0.1) is 12.8 Å². The zero-order chi connectivity index (χ0) is 22.5. The number of aryl methyl sites for hydroxylation is 1. The van der Waals surface area contributed by atoms with E-state index in [9.17, 15) is 9.59 Å². The van der Waals surface area contributed by atoms with Gasteiger partial charge in [-0.3, -0.25) is 14.5 Å². The van der Waals surface area contributed by atoms with Crippen molar-refractivity contribution in [2.75, 3.05) is 6.61 Å². The van der Waals surface area contributed by atoms with E-state index in [0.717, 1.165) is 53.5 Å². The van der Waals surface area contributed by atoms with E-state index in [4.69, 9.17) is 4.74 Å². The first-order valence-corrected chi connectivity index (χ1v) is 11.5. The zero-order valence-corrected chi connectivity index (χ0v) is 18.4. The van der Waals surface area contributed by atoms with Crippen molar-refractivity contribution < 1.29 is 14.3 Å². The van der Waals surface area contributed by atoms with Crippen LogP contribution in [0.4, 0.5) is 0 Å². The summed E-state index contributed by atoms with van der Waals surface area (Å²) >= 11 is 0. The number of aromatic nitrogens is 2. The number of azo groups is 1. The number of nitrogens with zero attached hydrogens (tertiary/aromatic N) is 5. The minimum Gasteiger partial charge on any atom is -0.356 e. The van der Waals surface area contributed by atoms with Crippen molar-refractivity contribution in [1.29, 1.82) is 0 Å². The van der Waals surface area contributed by atoms with E-state index in [1.165, 1.54) is 4.90 Å². The van der Waals surface area contributed by atoms with Gasteiger partial charge in [0, 0.05) is 12.0 Å². The molecule has 1 aromatic heterocycles. The Kier molecular flexibility index (Phi) is 4.83. The lowest BCUT2D eigenvalue weighted by atomic mass is 9.88. The summed E-state index contributed by atoms with van der Waals surface area (Å²) in [7, 11) is 0. The smallest absolute Gasteiger partial charge is 0.257 e. The molecule has 2 aromatic carbocycles. The predicted octanol–water partition coefficient (Wildman–Crippen LogP) is 4.10. The summed E-state index contributed by atoms with van der Waals surface area (Å²) in [6.07, 6.45) is 4.88. The third-order valence-corrected chi connectivity index (χ3v) is 6.98. The molecule has 3 aliphatic rings. The van der Waals surface area contributed by atoms with Gasteiger partial charge < -0.3 is 4.74 Å². The molecule has 4 atom stereocenters. The summed E-state index contributed by atoms with van der Waals surface area (Å²) in [6, 6.07) is 12.5. The number of carbonyl (C=O) groups excluding carboxylic acids is 2. The van der Waals surface area contributed by atoms with Gasteiger partial charge in [-0.1, -0.05) is 30.3 Å². The molecule has 168 valence electrons. The van der Waals surface area contributed by atoms with E-state index in [1.807, 2.05) is 48.1 Å². The Morgan fingerprint density at radius 2 is 1.85 bits per heavy atom. The first-order chi connectivity index (χ1) is 16.1. The maximum atomic E-state index is 13.4. The molecule has 2 fully saturated rings. The number of imide groups is 1. The van der Waals surface area contributed by atoms with Crippen LogP contribution < -0.4 is 0 Å². The molecule has 8 nitrogen and oxygen atoms in total. The third kappa shape index (κ3) is 3.28. The maximum Gasteiger partial charge on any atom is 0.257 e. The molecule has 4 heterocycles. The lowest BCUT2D eigenvalue weighted by molar-refractivity contribution is -0.140. The van der Waals surface area contributed by atoms with E-state index < -0.39 is 18.0 Å². The van der Waals surface area contributed by atoms with Crippen LogP contribution in [0.1, 0.15) is 48.2 Å². The van der Waals surface area contributed by atoms with Crippen molar-refractivity contribution in [3.05, 3.63) is 65.4 Å². The van der Waals surface area contributed by atoms with Crippen LogP contribution in [0.25, 0.3) is 10.9 Å². The standard InChI is InChI=1S/C25H25N5O3/c1-15-11-17-13-26-30(20-9-5-6-10-33-20)19(17)12-18(15)22-21-23(28-27-22)25(32)29(24(21)31)14-16-7-3-2-4-8-16/h2-4,7-8,11-13,20-23H,5-6,9-10,14H2,1H3. The largest absolute Gasteiger partial charge is 0.356 e. The maximum absolute atomic E-state index is 13.4. The van der Waals surface area contributed by atoms with Gasteiger partial charge >= 0.3 is 0 Å². The molecule has 6 rings (SSSR count). The van der Waals surface area contributed by atoms with Gasteiger partial charge in [0.15, 0.2) is 12.3 Å². The minimum absolute atomic E-state index is 0.0826. The van der Waals surface area contributed by atoms with Gasteiger partial charge in [0.1, 0.15) is 12.0 Å². The second-order valence-corrected chi connectivity index (χ2v) is 9.07. The summed E-state index contributed by atoms with van der Waals surface area (Å²) < 4.78 is 7.89. The summed E-state index contributed by atoms with van der Waals surface area (Å²) in [5.74, 6) is -1.06. The molecule has 2 saturated heterocycles. The first kappa shape index (κ1) is 20.2. The molecule has 8 heteroatoms. The molecular formula is C25H25N5O3. The lowest BCUT2D eigenvalue weighted by Crippen LogP contribution is -2.31. The van der Waals surface area contributed by atoms with Crippen molar-refractivity contribution in [1.82, 2.24) is 14.7 Å². The Hall–Kier alpha value is -3.39. The number of fused-ring (bicyclic) bond motifs is 2. The van der Waals surface area contributed by atoms with E-state index in [2.05, 4.69) is 27.5 Å². The number of ether oxygens (including phenoxy) is 1. The molecule has 4 unspecified atom stereocenters. The Balaban J connectivity index is 1.34. The normalized spacial score (nSPS) is 27.0. The molecule has 2 amide bonds. The zero-order valence-electron chi connectivity index (χ0n) is 18.4. The highest BCUT2D eigenvalue weighted by Crippen LogP contribution is 2.44. The van der Waals surface area contributed by atoms with Gasteiger partial charge in [0.25, 0.3) is 5.91 Å². The summed E-state index contributed by atoms with van der Waals surface area (Å²) in [4.78, 5) is 27.7. The second kappa shape index (κ2) is 7.88. The highest BCUT2D eigenvalue weighted by Gasteiger charge is 2.55. The highest BCUT2D eigenvalue weighted by molar-refractivity contribution is 6.08. The number of carbonyl (C=O) groups is 2. The highest BCUT2D eigenvalue weighted by atomic mass is 16.5. The SMILES string of the molecule is Cc1cc2cnn(C3CCCCO3)c2cc1C1N=NC2C(=O)N(Cc3ccccc3)C(=O)C21. The lowest BCUT2D eigenvalue weighted by Gasteiger charge is -2.24. The van der Waals surface area contributed by atoms with Crippen molar-refractivity contribution >= 4 is 22.7 Å². The molecule has 0 aliphatic carbocycles. The Labute approximate surface area is 191 Å². The Morgan fingerprint density at radius 1 is 1.03 bits per heavy atom. The van der Waals surface area contributed by atoms with Crippen molar-refractivity contribution in [3.8, 4) is 0 Å². The van der Waals surface area contributed by atoms with Crippen LogP contribution in [0.5, 0.6) is 0 Å². The van der Waals surface area contributed by atoms with Crippen LogP contribution in [-0.4, -0.2) is 39.1 Å². The molecule has 0 radical (unpaired) electrons.